The SMILES string of the molecule is O=c1cc(-c2nnc(C(F)F)o2)ccn1CC#Cc1ccccc1. The molecule has 0 aliphatic heterocycles. The van der Waals surface area contributed by atoms with Crippen molar-refractivity contribution in [3.63, 3.8) is 0 Å². The van der Waals surface area contributed by atoms with Gasteiger partial charge >= 0.3 is 6.43 Å². The first kappa shape index (κ1) is 15.6. The molecular weight excluding hydrogens is 316 g/mol. The van der Waals surface area contributed by atoms with Crippen molar-refractivity contribution in [3.05, 3.63) is 70.5 Å². The van der Waals surface area contributed by atoms with E-state index >= 15 is 0 Å². The summed E-state index contributed by atoms with van der Waals surface area (Å²) in [5, 5.41) is 6.74. The monoisotopic (exact) mass is 327 g/mol. The minimum atomic E-state index is -2.85. The number of hydrogen-bond acceptors (Lipinski definition) is 4. The average Bonchev–Trinajstić information content (AvgIpc) is 3.08. The van der Waals surface area contributed by atoms with Crippen molar-refractivity contribution < 1.29 is 13.2 Å². The summed E-state index contributed by atoms with van der Waals surface area (Å²) in [5.74, 6) is 4.95. The molecule has 2 aromatic heterocycles. The maximum absolute atomic E-state index is 12.4. The highest BCUT2D eigenvalue weighted by Gasteiger charge is 2.17. The summed E-state index contributed by atoms with van der Waals surface area (Å²) in [5.41, 5.74) is 0.797. The van der Waals surface area contributed by atoms with Crippen LogP contribution in [0.25, 0.3) is 11.5 Å². The van der Waals surface area contributed by atoms with Crippen molar-refractivity contribution >= 4 is 0 Å². The molecule has 3 aromatic rings. The Morgan fingerprint density at radius 1 is 1.17 bits per heavy atom. The van der Waals surface area contributed by atoms with Gasteiger partial charge in [-0.05, 0) is 18.2 Å². The second-order valence-corrected chi connectivity index (χ2v) is 4.80. The zero-order chi connectivity index (χ0) is 16.9. The van der Waals surface area contributed by atoms with E-state index in [1.54, 1.807) is 0 Å². The third-order valence-electron chi connectivity index (χ3n) is 3.13. The molecule has 0 N–H and O–H groups in total. The Labute approximate surface area is 135 Å². The van der Waals surface area contributed by atoms with Crippen LogP contribution < -0.4 is 5.56 Å². The third kappa shape index (κ3) is 3.55. The van der Waals surface area contributed by atoms with E-state index in [1.807, 2.05) is 30.3 Å². The van der Waals surface area contributed by atoms with Gasteiger partial charge in [0.25, 0.3) is 11.4 Å². The van der Waals surface area contributed by atoms with E-state index in [9.17, 15) is 13.6 Å². The maximum atomic E-state index is 12.4. The molecule has 120 valence electrons. The minimum Gasteiger partial charge on any atom is -0.415 e. The van der Waals surface area contributed by atoms with Gasteiger partial charge in [0.05, 0.1) is 6.54 Å². The van der Waals surface area contributed by atoms with Gasteiger partial charge in [-0.3, -0.25) is 4.79 Å². The zero-order valence-electron chi connectivity index (χ0n) is 12.3. The molecule has 0 radical (unpaired) electrons. The van der Waals surface area contributed by atoms with Gasteiger partial charge in [0, 0.05) is 23.4 Å². The Morgan fingerprint density at radius 3 is 2.62 bits per heavy atom. The Hall–Kier alpha value is -3.27. The Kier molecular flexibility index (Phi) is 4.47. The summed E-state index contributed by atoms with van der Waals surface area (Å²) in [6, 6.07) is 12.2. The molecule has 0 saturated carbocycles. The molecule has 3 rings (SSSR count). The van der Waals surface area contributed by atoms with Crippen LogP contribution >= 0.6 is 0 Å². The van der Waals surface area contributed by atoms with E-state index in [0.29, 0.717) is 0 Å². The van der Waals surface area contributed by atoms with E-state index in [0.717, 1.165) is 5.56 Å². The number of hydrogen-bond donors (Lipinski definition) is 0. The number of nitrogens with zero attached hydrogens (tertiary/aromatic N) is 3. The van der Waals surface area contributed by atoms with E-state index < -0.39 is 12.3 Å². The molecule has 0 saturated heterocycles. The summed E-state index contributed by atoms with van der Waals surface area (Å²) in [4.78, 5) is 12.1. The van der Waals surface area contributed by atoms with Crippen molar-refractivity contribution in [2.24, 2.45) is 0 Å². The second kappa shape index (κ2) is 6.87. The fourth-order valence-corrected chi connectivity index (χ4v) is 1.96. The lowest BCUT2D eigenvalue weighted by Crippen LogP contribution is -2.17. The largest absolute Gasteiger partial charge is 0.415 e. The highest BCUT2D eigenvalue weighted by atomic mass is 19.3. The Bertz CT molecular complexity index is 953. The van der Waals surface area contributed by atoms with Crippen molar-refractivity contribution in [2.45, 2.75) is 13.0 Å². The van der Waals surface area contributed by atoms with Crippen LogP contribution in [0.15, 0.2) is 57.9 Å². The summed E-state index contributed by atoms with van der Waals surface area (Å²) < 4.78 is 31.1. The van der Waals surface area contributed by atoms with Crippen LogP contribution in [-0.2, 0) is 6.54 Å². The molecule has 0 unspecified atom stereocenters. The van der Waals surface area contributed by atoms with Crippen LogP contribution in [0.5, 0.6) is 0 Å². The average molecular weight is 327 g/mol. The minimum absolute atomic E-state index is 0.120. The van der Waals surface area contributed by atoms with Crippen LogP contribution in [0.3, 0.4) is 0 Å². The number of halogens is 2. The van der Waals surface area contributed by atoms with Gasteiger partial charge in [-0.25, -0.2) is 0 Å². The Balaban J connectivity index is 1.78. The summed E-state index contributed by atoms with van der Waals surface area (Å²) >= 11 is 0. The second-order valence-electron chi connectivity index (χ2n) is 4.80. The molecule has 0 aliphatic carbocycles. The lowest BCUT2D eigenvalue weighted by Gasteiger charge is -2.01. The van der Waals surface area contributed by atoms with E-state index in [-0.39, 0.29) is 23.6 Å². The lowest BCUT2D eigenvalue weighted by atomic mass is 10.2. The molecule has 5 nitrogen and oxygen atoms in total. The first-order valence-electron chi connectivity index (χ1n) is 7.00. The van der Waals surface area contributed by atoms with Crippen LogP contribution in [0.1, 0.15) is 17.9 Å². The van der Waals surface area contributed by atoms with Crippen molar-refractivity contribution in [1.82, 2.24) is 14.8 Å². The van der Waals surface area contributed by atoms with Gasteiger partial charge in [0.2, 0.25) is 5.89 Å². The van der Waals surface area contributed by atoms with E-state index in [2.05, 4.69) is 22.0 Å². The van der Waals surface area contributed by atoms with Gasteiger partial charge in [0.15, 0.2) is 0 Å². The van der Waals surface area contributed by atoms with Gasteiger partial charge in [-0.15, -0.1) is 10.2 Å². The highest BCUT2D eigenvalue weighted by molar-refractivity contribution is 5.51. The molecular formula is C17H11F2N3O2. The zero-order valence-corrected chi connectivity index (χ0v) is 12.3. The molecule has 0 fully saturated rings. The van der Waals surface area contributed by atoms with E-state index in [1.165, 1.54) is 22.9 Å². The van der Waals surface area contributed by atoms with E-state index in [4.69, 9.17) is 4.42 Å². The standard InChI is InChI=1S/C17H11F2N3O2/c18-15(19)17-21-20-16(24-17)13-8-10-22(14(23)11-13)9-4-7-12-5-2-1-3-6-12/h1-3,5-6,8,10-11,15H,9H2. The van der Waals surface area contributed by atoms with Crippen molar-refractivity contribution in [2.75, 3.05) is 0 Å². The highest BCUT2D eigenvalue weighted by Crippen LogP contribution is 2.21. The normalized spacial score (nSPS) is 10.5. The number of rotatable bonds is 3. The fourth-order valence-electron chi connectivity index (χ4n) is 1.96. The number of aromatic nitrogens is 3. The first-order valence-corrected chi connectivity index (χ1v) is 7.00. The molecule has 7 heteroatoms. The van der Waals surface area contributed by atoms with Gasteiger partial charge < -0.3 is 8.98 Å². The molecule has 0 amide bonds. The van der Waals surface area contributed by atoms with Crippen molar-refractivity contribution in [3.8, 4) is 23.3 Å². The molecule has 24 heavy (non-hydrogen) atoms. The smallest absolute Gasteiger partial charge is 0.314 e. The topological polar surface area (TPSA) is 60.9 Å². The lowest BCUT2D eigenvalue weighted by molar-refractivity contribution is 0.116. The van der Waals surface area contributed by atoms with Gasteiger partial charge in [0.1, 0.15) is 0 Å². The van der Waals surface area contributed by atoms with Crippen LogP contribution in [0.2, 0.25) is 0 Å². The van der Waals surface area contributed by atoms with Gasteiger partial charge in [-0.1, -0.05) is 30.0 Å². The molecule has 1 aromatic carbocycles. The number of benzene rings is 1. The molecule has 0 atom stereocenters. The summed E-state index contributed by atoms with van der Waals surface area (Å²) in [6.07, 6.45) is -1.34. The molecule has 0 bridgehead atoms. The summed E-state index contributed by atoms with van der Waals surface area (Å²) in [7, 11) is 0. The third-order valence-corrected chi connectivity index (χ3v) is 3.13. The van der Waals surface area contributed by atoms with Gasteiger partial charge in [-0.2, -0.15) is 8.78 Å². The number of pyridine rings is 1. The number of alkyl halides is 2. The quantitative estimate of drug-likeness (QED) is 0.694. The van der Waals surface area contributed by atoms with Crippen molar-refractivity contribution in [1.29, 1.82) is 0 Å². The maximum Gasteiger partial charge on any atom is 0.314 e. The molecule has 0 spiro atoms. The van der Waals surface area contributed by atoms with Crippen LogP contribution in [-0.4, -0.2) is 14.8 Å². The van der Waals surface area contributed by atoms with Crippen LogP contribution in [0.4, 0.5) is 8.78 Å². The fraction of sp³-hybridized carbons (Fsp3) is 0.118. The predicted molar refractivity (Wildman–Crippen MR) is 82.3 cm³/mol. The molecule has 0 aliphatic rings. The molecule has 2 heterocycles. The first-order chi connectivity index (χ1) is 11.6. The Morgan fingerprint density at radius 2 is 1.96 bits per heavy atom. The van der Waals surface area contributed by atoms with Crippen LogP contribution in [0, 0.1) is 11.8 Å². The summed E-state index contributed by atoms with van der Waals surface area (Å²) in [6.45, 7) is 0.208. The predicted octanol–water partition coefficient (Wildman–Crippen LogP) is 2.89.